The summed E-state index contributed by atoms with van der Waals surface area (Å²) in [6.45, 7) is 0. The van der Waals surface area contributed by atoms with Crippen LogP contribution in [-0.2, 0) is 0 Å². The van der Waals surface area contributed by atoms with Crippen molar-refractivity contribution in [2.45, 2.75) is 38.1 Å². The first-order chi connectivity index (χ1) is 8.87. The summed E-state index contributed by atoms with van der Waals surface area (Å²) in [4.78, 5) is 0. The highest BCUT2D eigenvalue weighted by Crippen LogP contribution is 2.35. The Morgan fingerprint density at radius 3 is 2.37 bits per heavy atom. The van der Waals surface area contributed by atoms with Crippen molar-refractivity contribution < 1.29 is 22.3 Å². The summed E-state index contributed by atoms with van der Waals surface area (Å²) in [6, 6.07) is 3.07. The Morgan fingerprint density at radius 2 is 1.84 bits per heavy atom. The average Bonchev–Trinajstić information content (AvgIpc) is 2.82. The number of rotatable bonds is 3. The second-order valence-corrected chi connectivity index (χ2v) is 4.81. The molecule has 0 unspecified atom stereocenters. The monoisotopic (exact) mass is 277 g/mol. The molecule has 2 rings (SSSR count). The van der Waals surface area contributed by atoms with Crippen LogP contribution in [0.2, 0.25) is 0 Å². The Hall–Kier alpha value is -1.30. The lowest BCUT2D eigenvalue weighted by molar-refractivity contribution is -0.275. The first-order valence-corrected chi connectivity index (χ1v) is 6.17. The van der Waals surface area contributed by atoms with Crippen molar-refractivity contribution in [1.29, 1.82) is 0 Å². The molecule has 0 bridgehead atoms. The largest absolute Gasteiger partial charge is 0.573 e. The molecule has 2 N–H and O–H groups in total. The number of alkyl halides is 3. The predicted octanol–water partition coefficient (Wildman–Crippen LogP) is 3.91. The third kappa shape index (κ3) is 3.59. The van der Waals surface area contributed by atoms with E-state index in [1.54, 1.807) is 0 Å². The van der Waals surface area contributed by atoms with E-state index in [0.29, 0.717) is 5.56 Å². The molecule has 106 valence electrons. The highest BCUT2D eigenvalue weighted by molar-refractivity contribution is 5.31. The molecule has 0 amide bonds. The number of hydrogen-bond acceptors (Lipinski definition) is 2. The molecule has 2 nitrogen and oxygen atoms in total. The van der Waals surface area contributed by atoms with Crippen LogP contribution in [-0.4, -0.2) is 6.36 Å². The second-order valence-electron chi connectivity index (χ2n) is 4.81. The zero-order valence-corrected chi connectivity index (χ0v) is 10.2. The Kier molecular flexibility index (Phi) is 3.99. The smallest absolute Gasteiger partial charge is 0.403 e. The van der Waals surface area contributed by atoms with E-state index >= 15 is 0 Å². The van der Waals surface area contributed by atoms with Crippen LogP contribution in [0.4, 0.5) is 17.6 Å². The van der Waals surface area contributed by atoms with E-state index in [1.807, 2.05) is 0 Å². The van der Waals surface area contributed by atoms with Gasteiger partial charge in [0.25, 0.3) is 0 Å². The number of benzene rings is 1. The molecular formula is C13H15F4NO. The molecule has 0 heterocycles. The van der Waals surface area contributed by atoms with Gasteiger partial charge >= 0.3 is 6.36 Å². The molecule has 0 spiro atoms. The molecular weight excluding hydrogens is 262 g/mol. The third-order valence-electron chi connectivity index (χ3n) is 3.47. The van der Waals surface area contributed by atoms with Gasteiger partial charge in [0.1, 0.15) is 0 Å². The molecule has 1 aromatic rings. The van der Waals surface area contributed by atoms with Crippen LogP contribution >= 0.6 is 0 Å². The zero-order chi connectivity index (χ0) is 14.0. The van der Waals surface area contributed by atoms with Gasteiger partial charge in [-0.25, -0.2) is 4.39 Å². The van der Waals surface area contributed by atoms with Gasteiger partial charge in [0.15, 0.2) is 11.6 Å². The van der Waals surface area contributed by atoms with Crippen LogP contribution in [0, 0.1) is 11.7 Å². The van der Waals surface area contributed by atoms with E-state index in [0.717, 1.165) is 37.8 Å². The van der Waals surface area contributed by atoms with Crippen LogP contribution in [0.5, 0.6) is 5.75 Å². The van der Waals surface area contributed by atoms with Crippen LogP contribution in [0.1, 0.15) is 37.3 Å². The van der Waals surface area contributed by atoms with Gasteiger partial charge in [-0.2, -0.15) is 0 Å². The van der Waals surface area contributed by atoms with Gasteiger partial charge in [-0.1, -0.05) is 18.9 Å². The summed E-state index contributed by atoms with van der Waals surface area (Å²) in [7, 11) is 0. The lowest BCUT2D eigenvalue weighted by atomic mass is 9.92. The first-order valence-electron chi connectivity index (χ1n) is 6.17. The van der Waals surface area contributed by atoms with Crippen molar-refractivity contribution in [3.63, 3.8) is 0 Å². The van der Waals surface area contributed by atoms with Crippen LogP contribution in [0.25, 0.3) is 0 Å². The molecule has 0 radical (unpaired) electrons. The standard InChI is InChI=1S/C13H15F4NO/c14-10-7-9(12(18)8-3-1-2-4-8)5-6-11(10)19-13(15,16)17/h5-8,12H,1-4,18H2/t12-/m0/s1. The van der Waals surface area contributed by atoms with Gasteiger partial charge in [0.2, 0.25) is 0 Å². The average molecular weight is 277 g/mol. The minimum atomic E-state index is -4.89. The lowest BCUT2D eigenvalue weighted by Crippen LogP contribution is -2.20. The molecule has 1 fully saturated rings. The van der Waals surface area contributed by atoms with E-state index < -0.39 is 17.9 Å². The molecule has 1 aliphatic rings. The van der Waals surface area contributed by atoms with E-state index in [4.69, 9.17) is 5.73 Å². The Labute approximate surface area is 108 Å². The van der Waals surface area contributed by atoms with Gasteiger partial charge in [0.05, 0.1) is 0 Å². The summed E-state index contributed by atoms with van der Waals surface area (Å²) < 4.78 is 53.2. The Bertz CT molecular complexity index is 441. The predicted molar refractivity (Wildman–Crippen MR) is 62.0 cm³/mol. The number of hydrogen-bond donors (Lipinski definition) is 1. The number of halogens is 4. The molecule has 1 aliphatic carbocycles. The molecule has 1 saturated carbocycles. The van der Waals surface area contributed by atoms with Crippen molar-refractivity contribution in [2.75, 3.05) is 0 Å². The fourth-order valence-corrected chi connectivity index (χ4v) is 2.52. The fraction of sp³-hybridized carbons (Fsp3) is 0.538. The summed E-state index contributed by atoms with van der Waals surface area (Å²) in [5, 5.41) is 0. The molecule has 0 aliphatic heterocycles. The number of nitrogens with two attached hydrogens (primary N) is 1. The van der Waals surface area contributed by atoms with Gasteiger partial charge in [-0.15, -0.1) is 13.2 Å². The quantitative estimate of drug-likeness (QED) is 0.850. The van der Waals surface area contributed by atoms with Crippen molar-refractivity contribution in [1.82, 2.24) is 0 Å². The molecule has 6 heteroatoms. The minimum absolute atomic E-state index is 0.272. The summed E-state index contributed by atoms with van der Waals surface area (Å²) >= 11 is 0. The van der Waals surface area contributed by atoms with E-state index in [2.05, 4.69) is 4.74 Å². The zero-order valence-electron chi connectivity index (χ0n) is 10.2. The molecule has 19 heavy (non-hydrogen) atoms. The Morgan fingerprint density at radius 1 is 1.21 bits per heavy atom. The van der Waals surface area contributed by atoms with Gasteiger partial charge in [0, 0.05) is 6.04 Å². The molecule has 0 saturated heterocycles. The fourth-order valence-electron chi connectivity index (χ4n) is 2.52. The highest BCUT2D eigenvalue weighted by Gasteiger charge is 2.32. The summed E-state index contributed by atoms with van der Waals surface area (Å²) in [6.07, 6.45) is -0.755. The maximum absolute atomic E-state index is 13.5. The van der Waals surface area contributed by atoms with Crippen molar-refractivity contribution in [3.05, 3.63) is 29.6 Å². The van der Waals surface area contributed by atoms with Gasteiger partial charge in [-0.3, -0.25) is 0 Å². The molecule has 1 aromatic carbocycles. The maximum Gasteiger partial charge on any atom is 0.573 e. The number of ether oxygens (including phenoxy) is 1. The normalized spacial score (nSPS) is 18.6. The van der Waals surface area contributed by atoms with Crippen molar-refractivity contribution in [2.24, 2.45) is 11.7 Å². The van der Waals surface area contributed by atoms with E-state index in [9.17, 15) is 17.6 Å². The Balaban J connectivity index is 2.13. The van der Waals surface area contributed by atoms with Crippen molar-refractivity contribution >= 4 is 0 Å². The highest BCUT2D eigenvalue weighted by atomic mass is 19.4. The topological polar surface area (TPSA) is 35.2 Å². The second kappa shape index (κ2) is 5.36. The summed E-state index contributed by atoms with van der Waals surface area (Å²) in [5.41, 5.74) is 6.53. The minimum Gasteiger partial charge on any atom is -0.403 e. The van der Waals surface area contributed by atoms with Crippen LogP contribution < -0.4 is 10.5 Å². The summed E-state index contributed by atoms with van der Waals surface area (Å²) in [5.74, 6) is -1.59. The van der Waals surface area contributed by atoms with Crippen LogP contribution in [0.3, 0.4) is 0 Å². The van der Waals surface area contributed by atoms with Gasteiger partial charge in [-0.05, 0) is 36.5 Å². The van der Waals surface area contributed by atoms with Crippen LogP contribution in [0.15, 0.2) is 18.2 Å². The third-order valence-corrected chi connectivity index (χ3v) is 3.47. The van der Waals surface area contributed by atoms with Gasteiger partial charge < -0.3 is 10.5 Å². The molecule has 1 atom stereocenters. The SMILES string of the molecule is N[C@H](c1ccc(OC(F)(F)F)c(F)c1)C1CCCC1. The molecule has 0 aromatic heterocycles. The van der Waals surface area contributed by atoms with E-state index in [1.165, 1.54) is 6.07 Å². The lowest BCUT2D eigenvalue weighted by Gasteiger charge is -2.20. The maximum atomic E-state index is 13.5. The van der Waals surface area contributed by atoms with E-state index in [-0.39, 0.29) is 12.0 Å². The first kappa shape index (κ1) is 14.1. The van der Waals surface area contributed by atoms with Crippen molar-refractivity contribution in [3.8, 4) is 5.75 Å².